The van der Waals surface area contributed by atoms with E-state index in [9.17, 15) is 4.39 Å². The Morgan fingerprint density at radius 1 is 0.776 bits per heavy atom. The second kappa shape index (κ2) is 15.4. The molecule has 9 aromatic heterocycles. The molecule has 2 unspecified atom stereocenters. The zero-order chi connectivity index (χ0) is 45.7. The number of halogens is 2. The van der Waals surface area contributed by atoms with Crippen molar-refractivity contribution in [1.29, 1.82) is 0 Å². The van der Waals surface area contributed by atoms with Crippen LogP contribution in [0.15, 0.2) is 85.4 Å². The second-order valence-electron chi connectivity index (χ2n) is 16.1. The number of H-pyrrole nitrogens is 1. The van der Waals surface area contributed by atoms with E-state index in [1.54, 1.807) is 26.4 Å². The maximum absolute atomic E-state index is 15.1. The summed E-state index contributed by atoms with van der Waals surface area (Å²) in [6.45, 7) is 6.31. The maximum atomic E-state index is 15.1. The summed E-state index contributed by atoms with van der Waals surface area (Å²) in [5.74, 6) is 4.05. The fraction of sp³-hybridized carbons (Fsp3) is 0.233. The third-order valence-electron chi connectivity index (χ3n) is 11.9. The third-order valence-corrected chi connectivity index (χ3v) is 12.7. The Bertz CT molecular complexity index is 3500. The van der Waals surface area contributed by atoms with Gasteiger partial charge in [0.25, 0.3) is 0 Å². The smallest absolute Gasteiger partial charge is 0.297 e. The number of aromatic nitrogens is 19. The Hall–Kier alpha value is -8.41. The molecule has 2 aliphatic heterocycles. The summed E-state index contributed by atoms with van der Waals surface area (Å²) in [4.78, 5) is 28.6. The molecular formula is C43H38F2N21S+. The molecule has 24 heteroatoms. The van der Waals surface area contributed by atoms with Crippen LogP contribution in [0.4, 0.5) is 32.1 Å². The van der Waals surface area contributed by atoms with Gasteiger partial charge in [-0.1, -0.05) is 18.5 Å². The first kappa shape index (κ1) is 40.1. The Balaban J connectivity index is 0.921. The van der Waals surface area contributed by atoms with Gasteiger partial charge in [-0.2, -0.15) is 25.0 Å². The van der Waals surface area contributed by atoms with E-state index >= 15 is 4.39 Å². The Morgan fingerprint density at radius 2 is 1.57 bits per heavy atom. The van der Waals surface area contributed by atoms with Crippen molar-refractivity contribution in [2.24, 2.45) is 14.1 Å². The summed E-state index contributed by atoms with van der Waals surface area (Å²) in [5.41, 5.74) is 3.73. The molecule has 0 radical (unpaired) electrons. The van der Waals surface area contributed by atoms with Gasteiger partial charge in [0.1, 0.15) is 39.9 Å². The zero-order valence-corrected chi connectivity index (χ0v) is 37.3. The van der Waals surface area contributed by atoms with E-state index in [0.29, 0.717) is 70.4 Å². The Kier molecular flexibility index (Phi) is 9.20. The maximum Gasteiger partial charge on any atom is 0.305 e. The lowest BCUT2D eigenvalue weighted by Crippen LogP contribution is -2.46. The summed E-state index contributed by atoms with van der Waals surface area (Å²) >= 11 is 1.51. The largest absolute Gasteiger partial charge is 0.305 e. The summed E-state index contributed by atoms with van der Waals surface area (Å²) in [5, 5.41) is 38.6. The number of aromatic amines is 1. The van der Waals surface area contributed by atoms with Gasteiger partial charge in [-0.3, -0.25) is 28.8 Å². The van der Waals surface area contributed by atoms with Crippen molar-refractivity contribution < 1.29 is 13.3 Å². The van der Waals surface area contributed by atoms with Gasteiger partial charge in [0.05, 0.1) is 41.5 Å². The molecule has 1 N–H and O–H groups in total. The van der Waals surface area contributed by atoms with Crippen LogP contribution < -0.4 is 14.4 Å². The molecule has 11 heterocycles. The van der Waals surface area contributed by atoms with Crippen molar-refractivity contribution in [3.63, 3.8) is 0 Å². The minimum Gasteiger partial charge on any atom is -0.297 e. The summed E-state index contributed by atoms with van der Waals surface area (Å²) in [6.07, 6.45) is 15.8. The van der Waals surface area contributed by atoms with Gasteiger partial charge in [0, 0.05) is 73.1 Å². The lowest BCUT2D eigenvalue weighted by atomic mass is 10.1. The zero-order valence-electron chi connectivity index (χ0n) is 36.5. The number of anilines is 4. The number of nitrogens with zero attached hydrogens (tertiary/aromatic N) is 20. The van der Waals surface area contributed by atoms with Crippen LogP contribution >= 0.6 is 11.3 Å². The Labute approximate surface area is 382 Å². The molecule has 0 bridgehead atoms. The molecule has 10 aromatic rings. The molecule has 1 aromatic carbocycles. The molecule has 0 amide bonds. The van der Waals surface area contributed by atoms with E-state index in [4.69, 9.17) is 40.3 Å². The summed E-state index contributed by atoms with van der Waals surface area (Å²) < 4.78 is 40.1. The number of thiazole rings is 1. The molecule has 0 fully saturated rings. The van der Waals surface area contributed by atoms with Gasteiger partial charge < -0.3 is 0 Å². The van der Waals surface area contributed by atoms with Crippen LogP contribution in [0.1, 0.15) is 56.2 Å². The van der Waals surface area contributed by atoms with Gasteiger partial charge in [-0.15, -0.1) is 21.5 Å². The minimum absolute atomic E-state index is 0.133. The van der Waals surface area contributed by atoms with Gasteiger partial charge in [0.15, 0.2) is 53.1 Å². The predicted octanol–water partition coefficient (Wildman–Crippen LogP) is 6.13. The molecule has 334 valence electrons. The van der Waals surface area contributed by atoms with Crippen LogP contribution in [0.2, 0.25) is 0 Å². The fourth-order valence-electron chi connectivity index (χ4n) is 8.98. The lowest BCUT2D eigenvalue weighted by Gasteiger charge is -2.35. The van der Waals surface area contributed by atoms with E-state index in [-0.39, 0.29) is 30.1 Å². The average molecular weight is 919 g/mol. The van der Waals surface area contributed by atoms with Crippen LogP contribution in [0.25, 0.3) is 56.1 Å². The van der Waals surface area contributed by atoms with Crippen molar-refractivity contribution in [1.82, 2.24) is 89.0 Å². The molecule has 67 heavy (non-hydrogen) atoms. The number of nitrogens with one attached hydrogen (secondary N) is 1. The van der Waals surface area contributed by atoms with Crippen LogP contribution in [-0.2, 0) is 20.8 Å². The van der Waals surface area contributed by atoms with Crippen LogP contribution in [0, 0.1) is 18.6 Å². The highest BCUT2D eigenvalue weighted by atomic mass is 32.1. The number of rotatable bonds is 10. The standard InChI is InChI=1S/C43H38F2N21S/c1-6-29-41-54-52-23(3)64(41)32-19-48-37(26-17-49-53-35(26)25-9-8-24(44)16-28(25)45)50-40(32)65(29)34-11-14-61(56-34)21-62-22-63-31-18-47-38(27-20-60(5)57-36(27)43-46-12-15-67-43)51-39(31)66(30(7-2)42(63)58-62)33-10-13-59(4)55-33/h8-20,22,29-30H,6-7,21H2,1-5H3,(H,49,53)/q+1. The first-order valence-electron chi connectivity index (χ1n) is 21.4. The van der Waals surface area contributed by atoms with Crippen molar-refractivity contribution in [3.8, 4) is 56.1 Å². The third kappa shape index (κ3) is 6.41. The molecular weight excluding hydrogens is 881 g/mol. The molecule has 2 atom stereocenters. The van der Waals surface area contributed by atoms with E-state index in [1.165, 1.54) is 29.7 Å². The number of benzene rings is 1. The number of aryl methyl sites for hydroxylation is 3. The molecule has 12 rings (SSSR count). The highest BCUT2D eigenvalue weighted by molar-refractivity contribution is 7.13. The molecule has 2 aliphatic rings. The fourth-order valence-corrected chi connectivity index (χ4v) is 9.62. The number of fused-ring (bicyclic) bond motifs is 6. The van der Waals surface area contributed by atoms with Crippen molar-refractivity contribution >= 4 is 34.6 Å². The average Bonchev–Trinajstić information content (AvgIpc) is 4.19. The molecule has 21 nitrogen and oxygen atoms in total. The van der Waals surface area contributed by atoms with Gasteiger partial charge >= 0.3 is 5.82 Å². The van der Waals surface area contributed by atoms with E-state index in [1.807, 2.05) is 88.4 Å². The van der Waals surface area contributed by atoms with Crippen LogP contribution in [0.5, 0.6) is 0 Å². The predicted molar refractivity (Wildman–Crippen MR) is 238 cm³/mol. The highest BCUT2D eigenvalue weighted by Crippen LogP contribution is 2.45. The van der Waals surface area contributed by atoms with Gasteiger partial charge in [-0.05, 0) is 31.9 Å². The highest BCUT2D eigenvalue weighted by Gasteiger charge is 2.42. The second-order valence-corrected chi connectivity index (χ2v) is 17.0. The van der Waals surface area contributed by atoms with Crippen LogP contribution in [-0.4, -0.2) is 89.0 Å². The first-order chi connectivity index (χ1) is 32.6. The number of hydrogen-bond acceptors (Lipinski definition) is 15. The summed E-state index contributed by atoms with van der Waals surface area (Å²) in [6, 6.07) is 6.71. The molecule has 0 saturated carbocycles. The lowest BCUT2D eigenvalue weighted by molar-refractivity contribution is -0.608. The quantitative estimate of drug-likeness (QED) is 0.153. The monoisotopic (exact) mass is 918 g/mol. The van der Waals surface area contributed by atoms with Gasteiger partial charge in [-0.25, -0.2) is 38.4 Å². The van der Waals surface area contributed by atoms with Crippen LogP contribution in [0.3, 0.4) is 0 Å². The molecule has 0 saturated heterocycles. The number of hydrogen-bond donors (Lipinski definition) is 1. The van der Waals surface area contributed by atoms with Crippen molar-refractivity contribution in [2.75, 3.05) is 9.80 Å². The Morgan fingerprint density at radius 3 is 2.36 bits per heavy atom. The summed E-state index contributed by atoms with van der Waals surface area (Å²) in [7, 11) is 3.76. The molecule has 0 spiro atoms. The van der Waals surface area contributed by atoms with E-state index < -0.39 is 11.6 Å². The topological polar surface area (TPSA) is 205 Å². The van der Waals surface area contributed by atoms with Crippen molar-refractivity contribution in [2.45, 2.75) is 52.4 Å². The minimum atomic E-state index is -0.743. The van der Waals surface area contributed by atoms with E-state index in [2.05, 4.69) is 44.1 Å². The van der Waals surface area contributed by atoms with E-state index in [0.717, 1.165) is 34.0 Å². The van der Waals surface area contributed by atoms with Gasteiger partial charge in [0.2, 0.25) is 6.33 Å². The normalized spacial score (nSPS) is 15.2. The SMILES string of the molecule is CCC1c2nnc(C)n2-c2cnc(-c3cn[nH]c3-c3ccc(F)cc3F)nc2N1c1ccn(Cn2c[n+]3c(n2)C(CC)N(c2ccn(C)n2)c2nc(-c4cn(C)nc4-c4nccs4)ncc2-3)n1. The first-order valence-corrected chi connectivity index (χ1v) is 22.2. The van der Waals surface area contributed by atoms with Crippen molar-refractivity contribution in [3.05, 3.63) is 115 Å². The molecule has 0 aliphatic carbocycles.